The second kappa shape index (κ2) is 10.9. The molecule has 0 heterocycles. The summed E-state index contributed by atoms with van der Waals surface area (Å²) < 4.78 is 0. The third-order valence-corrected chi connectivity index (χ3v) is 3.04. The first-order valence-corrected chi connectivity index (χ1v) is 7.85. The zero-order chi connectivity index (χ0) is 18.5. The molecule has 0 fully saturated rings. The molecule has 0 aliphatic heterocycles. The third-order valence-electron chi connectivity index (χ3n) is 3.04. The first-order chi connectivity index (χ1) is 12.8. The van der Waals surface area contributed by atoms with Crippen molar-refractivity contribution in [3.05, 3.63) is 83.9 Å². The van der Waals surface area contributed by atoms with Gasteiger partial charge >= 0.3 is 11.8 Å². The van der Waals surface area contributed by atoms with E-state index in [0.717, 1.165) is 11.1 Å². The van der Waals surface area contributed by atoms with Crippen LogP contribution in [0, 0.1) is 0 Å². The van der Waals surface area contributed by atoms with Crippen LogP contribution in [0.15, 0.2) is 83.0 Å². The number of hydrazone groups is 2. The van der Waals surface area contributed by atoms with Crippen molar-refractivity contribution in [3.63, 3.8) is 0 Å². The largest absolute Gasteiger partial charge is 0.331 e. The lowest BCUT2D eigenvalue weighted by atomic mass is 10.2. The van der Waals surface area contributed by atoms with Crippen LogP contribution in [0.1, 0.15) is 11.1 Å². The number of nitrogens with zero attached hydrogens (tertiary/aromatic N) is 2. The van der Waals surface area contributed by atoms with Gasteiger partial charge in [0, 0.05) is 12.4 Å². The fraction of sp³-hybridized carbons (Fsp3) is 0. The number of allylic oxidation sites excluding steroid dienone is 2. The van der Waals surface area contributed by atoms with Crippen molar-refractivity contribution in [2.75, 3.05) is 0 Å². The Bertz CT molecular complexity index is 754. The summed E-state index contributed by atoms with van der Waals surface area (Å²) in [7, 11) is 0. The molecule has 0 bridgehead atoms. The lowest BCUT2D eigenvalue weighted by Gasteiger charge is -1.96. The molecule has 0 aliphatic rings. The Morgan fingerprint density at radius 3 is 1.42 bits per heavy atom. The van der Waals surface area contributed by atoms with E-state index in [9.17, 15) is 9.59 Å². The Morgan fingerprint density at radius 2 is 1.04 bits per heavy atom. The van der Waals surface area contributed by atoms with Gasteiger partial charge in [-0.2, -0.15) is 10.2 Å². The molecular formula is C20H18N4O2. The van der Waals surface area contributed by atoms with Crippen molar-refractivity contribution >= 4 is 36.4 Å². The zero-order valence-electron chi connectivity index (χ0n) is 13.9. The van der Waals surface area contributed by atoms with Crippen LogP contribution in [0.25, 0.3) is 12.2 Å². The first kappa shape index (κ1) is 18.5. The summed E-state index contributed by atoms with van der Waals surface area (Å²) >= 11 is 0. The maximum absolute atomic E-state index is 11.5. The number of hydrogen-bond acceptors (Lipinski definition) is 4. The van der Waals surface area contributed by atoms with Gasteiger partial charge in [0.25, 0.3) is 0 Å². The molecule has 130 valence electrons. The molecule has 2 aromatic rings. The molecule has 0 aromatic heterocycles. The van der Waals surface area contributed by atoms with Crippen LogP contribution in [0.3, 0.4) is 0 Å². The quantitative estimate of drug-likeness (QED) is 0.479. The average Bonchev–Trinajstić information content (AvgIpc) is 2.68. The molecular weight excluding hydrogens is 328 g/mol. The highest BCUT2D eigenvalue weighted by molar-refractivity contribution is 6.35. The molecule has 0 saturated heterocycles. The van der Waals surface area contributed by atoms with Crippen LogP contribution in [0.5, 0.6) is 0 Å². The molecule has 0 radical (unpaired) electrons. The summed E-state index contributed by atoms with van der Waals surface area (Å²) in [4.78, 5) is 23.0. The fourth-order valence-corrected chi connectivity index (χ4v) is 1.82. The maximum Gasteiger partial charge on any atom is 0.331 e. The molecule has 0 saturated carbocycles. The Balaban J connectivity index is 1.69. The molecule has 0 aliphatic carbocycles. The molecule has 2 aromatic carbocycles. The fourth-order valence-electron chi connectivity index (χ4n) is 1.82. The van der Waals surface area contributed by atoms with Gasteiger partial charge in [0.15, 0.2) is 0 Å². The van der Waals surface area contributed by atoms with Gasteiger partial charge in [-0.25, -0.2) is 10.9 Å². The van der Waals surface area contributed by atoms with E-state index in [-0.39, 0.29) is 0 Å². The number of carbonyl (C=O) groups is 2. The van der Waals surface area contributed by atoms with Gasteiger partial charge in [-0.05, 0) is 23.3 Å². The van der Waals surface area contributed by atoms with E-state index >= 15 is 0 Å². The highest BCUT2D eigenvalue weighted by Gasteiger charge is 2.10. The van der Waals surface area contributed by atoms with Crippen LogP contribution < -0.4 is 10.9 Å². The molecule has 6 nitrogen and oxygen atoms in total. The molecule has 0 atom stereocenters. The summed E-state index contributed by atoms with van der Waals surface area (Å²) in [6.45, 7) is 0. The summed E-state index contributed by atoms with van der Waals surface area (Å²) in [6, 6.07) is 19.2. The van der Waals surface area contributed by atoms with Gasteiger partial charge in [-0.1, -0.05) is 72.8 Å². The van der Waals surface area contributed by atoms with E-state index in [1.807, 2.05) is 72.8 Å². The second-order valence-electron chi connectivity index (χ2n) is 4.98. The number of nitrogens with one attached hydrogen (secondary N) is 2. The second-order valence-corrected chi connectivity index (χ2v) is 4.98. The Hall–Kier alpha value is -3.80. The van der Waals surface area contributed by atoms with Gasteiger partial charge in [0.05, 0.1) is 0 Å². The van der Waals surface area contributed by atoms with Crippen LogP contribution >= 0.6 is 0 Å². The number of rotatable bonds is 6. The van der Waals surface area contributed by atoms with E-state index < -0.39 is 11.8 Å². The molecule has 6 heteroatoms. The molecule has 26 heavy (non-hydrogen) atoms. The first-order valence-electron chi connectivity index (χ1n) is 7.85. The standard InChI is InChI=1S/C20H18N4O2/c25-19(23-21-15-7-13-17-9-3-1-4-10-17)20(26)24-22-16-8-14-18-11-5-2-6-12-18/h1-16H,(H,23,25)(H,24,26)/b13-7?,14-8?,21-15+,22-16+. The third kappa shape index (κ3) is 7.18. The highest BCUT2D eigenvalue weighted by Crippen LogP contribution is 2.00. The Kier molecular flexibility index (Phi) is 7.76. The molecule has 0 unspecified atom stereocenters. The Morgan fingerprint density at radius 1 is 0.654 bits per heavy atom. The van der Waals surface area contributed by atoms with Crippen molar-refractivity contribution in [1.29, 1.82) is 0 Å². The summed E-state index contributed by atoms with van der Waals surface area (Å²) in [6.07, 6.45) is 9.70. The molecule has 0 spiro atoms. The maximum atomic E-state index is 11.5. The van der Waals surface area contributed by atoms with Crippen LogP contribution in [0.4, 0.5) is 0 Å². The van der Waals surface area contributed by atoms with Crippen LogP contribution in [0.2, 0.25) is 0 Å². The summed E-state index contributed by atoms with van der Waals surface area (Å²) in [5.74, 6) is -1.81. The molecule has 2 N–H and O–H groups in total. The number of amides is 2. The van der Waals surface area contributed by atoms with E-state index in [2.05, 4.69) is 21.1 Å². The minimum absolute atomic E-state index is 0.904. The van der Waals surface area contributed by atoms with Crippen LogP contribution in [-0.4, -0.2) is 24.2 Å². The zero-order valence-corrected chi connectivity index (χ0v) is 13.9. The number of benzene rings is 2. The van der Waals surface area contributed by atoms with Crippen molar-refractivity contribution in [2.24, 2.45) is 10.2 Å². The molecule has 2 amide bonds. The van der Waals surface area contributed by atoms with Gasteiger partial charge < -0.3 is 0 Å². The minimum atomic E-state index is -0.904. The van der Waals surface area contributed by atoms with Gasteiger partial charge in [-0.3, -0.25) is 9.59 Å². The number of carbonyl (C=O) groups excluding carboxylic acids is 2. The lowest BCUT2D eigenvalue weighted by molar-refractivity contribution is -0.139. The monoisotopic (exact) mass is 346 g/mol. The SMILES string of the molecule is O=C(N/N=C/C=Cc1ccccc1)C(=O)N/N=C/C=Cc1ccccc1. The van der Waals surface area contributed by atoms with Crippen LogP contribution in [-0.2, 0) is 9.59 Å². The van der Waals surface area contributed by atoms with E-state index in [1.165, 1.54) is 12.4 Å². The Labute approximate surface area is 151 Å². The van der Waals surface area contributed by atoms with E-state index in [0.29, 0.717) is 0 Å². The topological polar surface area (TPSA) is 82.9 Å². The highest BCUT2D eigenvalue weighted by atomic mass is 16.2. The predicted molar refractivity (Wildman–Crippen MR) is 104 cm³/mol. The van der Waals surface area contributed by atoms with Gasteiger partial charge in [-0.15, -0.1) is 0 Å². The normalized spacial score (nSPS) is 11.5. The van der Waals surface area contributed by atoms with Gasteiger partial charge in [0.2, 0.25) is 0 Å². The summed E-state index contributed by atoms with van der Waals surface area (Å²) in [5.41, 5.74) is 6.22. The van der Waals surface area contributed by atoms with Crippen molar-refractivity contribution in [3.8, 4) is 0 Å². The average molecular weight is 346 g/mol. The van der Waals surface area contributed by atoms with Crippen molar-refractivity contribution in [2.45, 2.75) is 0 Å². The number of hydrogen-bond donors (Lipinski definition) is 2. The smallest absolute Gasteiger partial charge is 0.262 e. The van der Waals surface area contributed by atoms with E-state index in [1.54, 1.807) is 12.2 Å². The summed E-state index contributed by atoms with van der Waals surface area (Å²) in [5, 5.41) is 7.31. The van der Waals surface area contributed by atoms with E-state index in [4.69, 9.17) is 0 Å². The van der Waals surface area contributed by atoms with Gasteiger partial charge in [0.1, 0.15) is 0 Å². The minimum Gasteiger partial charge on any atom is -0.262 e. The lowest BCUT2D eigenvalue weighted by Crippen LogP contribution is -2.35. The predicted octanol–water partition coefficient (Wildman–Crippen LogP) is 2.62. The molecule has 2 rings (SSSR count). The van der Waals surface area contributed by atoms with Crippen molar-refractivity contribution in [1.82, 2.24) is 10.9 Å². The van der Waals surface area contributed by atoms with Crippen molar-refractivity contribution < 1.29 is 9.59 Å².